The fourth-order valence-corrected chi connectivity index (χ4v) is 5.58. The molecule has 0 amide bonds. The third-order valence-corrected chi connectivity index (χ3v) is 8.44. The highest BCUT2D eigenvalue weighted by Crippen LogP contribution is 2.56. The first-order valence-corrected chi connectivity index (χ1v) is 18.2. The summed E-state index contributed by atoms with van der Waals surface area (Å²) in [4.78, 5) is 20.4. The van der Waals surface area contributed by atoms with Crippen molar-refractivity contribution >= 4 is 11.9 Å². The normalized spacial score (nSPS) is 11.6. The largest absolute Gasteiger partial charge is 0.508 e. The topological polar surface area (TPSA) is 115 Å². The van der Waals surface area contributed by atoms with E-state index in [4.69, 9.17) is 20.4 Å². The van der Waals surface area contributed by atoms with Crippen LogP contribution in [0.25, 0.3) is 0 Å². The molecule has 0 saturated carbocycles. The number of carbonyl (C=O) groups is 2. The van der Waals surface area contributed by atoms with Gasteiger partial charge in [0.2, 0.25) is 5.41 Å². The van der Waals surface area contributed by atoms with Gasteiger partial charge >= 0.3 is 24.3 Å². The van der Waals surface area contributed by atoms with Crippen molar-refractivity contribution in [2.45, 2.75) is 160 Å². The molecule has 0 bridgehead atoms. The summed E-state index contributed by atoms with van der Waals surface area (Å²) in [5.74, 6) is -2.24. The molecule has 0 spiro atoms. The van der Waals surface area contributed by atoms with Gasteiger partial charge in [0.05, 0.1) is 0 Å². The number of carboxylic acids is 2. The maximum Gasteiger partial charge on any atom is 0.411 e. The van der Waals surface area contributed by atoms with Crippen molar-refractivity contribution in [1.82, 2.24) is 0 Å². The average molecular weight is 737 g/mol. The lowest BCUT2D eigenvalue weighted by molar-refractivity contribution is -0.288. The quantitative estimate of drug-likeness (QED) is 0.0707. The molecule has 292 valence electrons. The standard InChI is InChI=1S/C15H10F6O2.2C12H24O2/c16-14(17,18)13(15(19,20)21,9-1-5-11(22)6-2-9)10-3-7-12(23)8-4-10;2*1-2-3-4-5-6-7-8-9-10-11-12(13)14/h1-8,22-23H;2*2-11H2,1H3,(H,13,14). The van der Waals surface area contributed by atoms with Crippen LogP contribution in [-0.4, -0.2) is 44.7 Å². The van der Waals surface area contributed by atoms with Gasteiger partial charge in [-0.3, -0.25) is 9.59 Å². The molecule has 51 heavy (non-hydrogen) atoms. The molecule has 0 radical (unpaired) electrons. The molecule has 0 unspecified atom stereocenters. The SMILES string of the molecule is CCCCCCCCCCCC(=O)O.CCCCCCCCCCCC(=O)O.Oc1ccc(C(c2ccc(O)cc2)(C(F)(F)F)C(F)(F)F)cc1. The molecule has 0 atom stereocenters. The lowest BCUT2D eigenvalue weighted by Gasteiger charge is -2.38. The van der Waals surface area contributed by atoms with Gasteiger partial charge in [0.15, 0.2) is 0 Å². The first-order chi connectivity index (χ1) is 24.0. The first kappa shape index (κ1) is 47.6. The number of halogens is 6. The van der Waals surface area contributed by atoms with Gasteiger partial charge in [-0.25, -0.2) is 0 Å². The summed E-state index contributed by atoms with van der Waals surface area (Å²) in [7, 11) is 0. The van der Waals surface area contributed by atoms with Gasteiger partial charge in [0.25, 0.3) is 0 Å². The second-order valence-corrected chi connectivity index (χ2v) is 12.8. The number of aromatic hydroxyl groups is 2. The van der Waals surface area contributed by atoms with Crippen LogP contribution in [0.3, 0.4) is 0 Å². The highest BCUT2D eigenvalue weighted by atomic mass is 19.4. The van der Waals surface area contributed by atoms with Gasteiger partial charge in [-0.2, -0.15) is 26.3 Å². The number of unbranched alkanes of at least 4 members (excludes halogenated alkanes) is 16. The van der Waals surface area contributed by atoms with E-state index < -0.39 is 52.3 Å². The van der Waals surface area contributed by atoms with Crippen LogP contribution in [0.15, 0.2) is 48.5 Å². The van der Waals surface area contributed by atoms with Crippen molar-refractivity contribution in [1.29, 1.82) is 0 Å². The van der Waals surface area contributed by atoms with E-state index in [-0.39, 0.29) is 0 Å². The van der Waals surface area contributed by atoms with Gasteiger partial charge in [0, 0.05) is 12.8 Å². The van der Waals surface area contributed by atoms with E-state index in [1.165, 1.54) is 89.9 Å². The van der Waals surface area contributed by atoms with Gasteiger partial charge in [-0.05, 0) is 48.2 Å². The smallest absolute Gasteiger partial charge is 0.411 e. The molecular weight excluding hydrogens is 678 g/mol. The van der Waals surface area contributed by atoms with Crippen LogP contribution in [0.2, 0.25) is 0 Å². The zero-order valence-corrected chi connectivity index (χ0v) is 30.1. The maximum absolute atomic E-state index is 13.6. The number of phenolic OH excluding ortho intramolecular Hbond substituents is 2. The van der Waals surface area contributed by atoms with Gasteiger partial charge < -0.3 is 20.4 Å². The Morgan fingerprint density at radius 1 is 0.451 bits per heavy atom. The third kappa shape index (κ3) is 19.7. The summed E-state index contributed by atoms with van der Waals surface area (Å²) < 4.78 is 81.6. The molecular formula is C39H58F6O6. The maximum atomic E-state index is 13.6. The van der Waals surface area contributed by atoms with Gasteiger partial charge in [-0.1, -0.05) is 141 Å². The van der Waals surface area contributed by atoms with Crippen LogP contribution in [0, 0.1) is 0 Å². The predicted octanol–water partition coefficient (Wildman–Crippen LogP) is 12.5. The minimum Gasteiger partial charge on any atom is -0.508 e. The number of hydrogen-bond donors (Lipinski definition) is 4. The molecule has 0 fully saturated rings. The number of hydrogen-bond acceptors (Lipinski definition) is 4. The number of rotatable bonds is 22. The average Bonchev–Trinajstić information content (AvgIpc) is 3.04. The highest BCUT2D eigenvalue weighted by molar-refractivity contribution is 5.66. The Bertz CT molecular complexity index is 1090. The van der Waals surface area contributed by atoms with E-state index in [0.29, 0.717) is 37.1 Å². The van der Waals surface area contributed by atoms with Gasteiger partial charge in [0.1, 0.15) is 11.5 Å². The Kier molecular flexibility index (Phi) is 24.6. The highest BCUT2D eigenvalue weighted by Gasteiger charge is 2.72. The van der Waals surface area contributed by atoms with Crippen LogP contribution in [0.1, 0.15) is 153 Å². The van der Waals surface area contributed by atoms with Crippen LogP contribution < -0.4 is 0 Å². The lowest BCUT2D eigenvalue weighted by atomic mass is 9.73. The fraction of sp³-hybridized carbons (Fsp3) is 0.641. The molecule has 6 nitrogen and oxygen atoms in total. The Labute approximate surface area is 299 Å². The Morgan fingerprint density at radius 3 is 0.902 bits per heavy atom. The molecule has 12 heteroatoms. The molecule has 0 aliphatic carbocycles. The molecule has 2 aromatic rings. The van der Waals surface area contributed by atoms with Crippen LogP contribution in [0.4, 0.5) is 26.3 Å². The molecule has 0 aromatic heterocycles. The number of alkyl halides is 6. The number of aliphatic carboxylic acids is 2. The Hall–Kier alpha value is -3.44. The summed E-state index contributed by atoms with van der Waals surface area (Å²) in [6, 6.07) is 5.30. The van der Waals surface area contributed by atoms with Crippen molar-refractivity contribution in [2.75, 3.05) is 0 Å². The zero-order chi connectivity index (χ0) is 38.8. The second-order valence-electron chi connectivity index (χ2n) is 12.8. The van der Waals surface area contributed by atoms with E-state index in [0.717, 1.165) is 49.9 Å². The second kappa shape index (κ2) is 26.4. The predicted molar refractivity (Wildman–Crippen MR) is 188 cm³/mol. The summed E-state index contributed by atoms with van der Waals surface area (Å²) in [5, 5.41) is 35.1. The molecule has 0 saturated heterocycles. The number of phenols is 2. The monoisotopic (exact) mass is 736 g/mol. The number of benzene rings is 2. The summed E-state index contributed by atoms with van der Waals surface area (Å²) >= 11 is 0. The van der Waals surface area contributed by atoms with E-state index >= 15 is 0 Å². The first-order valence-electron chi connectivity index (χ1n) is 18.2. The third-order valence-electron chi connectivity index (χ3n) is 8.44. The molecule has 0 aliphatic heterocycles. The van der Waals surface area contributed by atoms with E-state index in [1.807, 2.05) is 0 Å². The molecule has 4 N–H and O–H groups in total. The van der Waals surface area contributed by atoms with Crippen molar-refractivity contribution in [3.63, 3.8) is 0 Å². The fourth-order valence-electron chi connectivity index (χ4n) is 5.58. The van der Waals surface area contributed by atoms with Crippen molar-refractivity contribution in [3.05, 3.63) is 59.7 Å². The van der Waals surface area contributed by atoms with Crippen LogP contribution >= 0.6 is 0 Å². The van der Waals surface area contributed by atoms with E-state index in [9.17, 15) is 35.9 Å². The van der Waals surface area contributed by atoms with Crippen molar-refractivity contribution in [2.24, 2.45) is 0 Å². The summed E-state index contributed by atoms with van der Waals surface area (Å²) in [6.07, 6.45) is 11.6. The number of carboxylic acid groups (broad SMARTS) is 2. The van der Waals surface area contributed by atoms with E-state index in [2.05, 4.69) is 13.8 Å². The van der Waals surface area contributed by atoms with Crippen LogP contribution in [0.5, 0.6) is 11.5 Å². The summed E-state index contributed by atoms with van der Waals surface area (Å²) in [5.41, 5.74) is -6.44. The summed E-state index contributed by atoms with van der Waals surface area (Å²) in [6.45, 7) is 4.46. The van der Waals surface area contributed by atoms with Crippen molar-refractivity contribution < 1.29 is 56.4 Å². The molecule has 0 heterocycles. The Balaban J connectivity index is 0.000000780. The lowest BCUT2D eigenvalue weighted by Crippen LogP contribution is -2.54. The molecule has 2 aromatic carbocycles. The minimum absolute atomic E-state index is 0.343. The minimum atomic E-state index is -5.70. The van der Waals surface area contributed by atoms with Crippen molar-refractivity contribution in [3.8, 4) is 11.5 Å². The van der Waals surface area contributed by atoms with Crippen LogP contribution in [-0.2, 0) is 15.0 Å². The zero-order valence-electron chi connectivity index (χ0n) is 30.1. The van der Waals surface area contributed by atoms with Gasteiger partial charge in [-0.15, -0.1) is 0 Å². The molecule has 0 aliphatic rings. The Morgan fingerprint density at radius 2 is 0.686 bits per heavy atom. The van der Waals surface area contributed by atoms with E-state index in [1.54, 1.807) is 0 Å². The molecule has 2 rings (SSSR count).